The number of carbonyl (C=O) groups excluding carboxylic acids is 1. The summed E-state index contributed by atoms with van der Waals surface area (Å²) in [6.45, 7) is 4.13. The molecule has 0 N–H and O–H groups in total. The van der Waals surface area contributed by atoms with Crippen LogP contribution in [-0.4, -0.2) is 30.4 Å². The van der Waals surface area contributed by atoms with E-state index in [2.05, 4.69) is 48.3 Å². The van der Waals surface area contributed by atoms with Gasteiger partial charge in [-0.15, -0.1) is 0 Å². The third-order valence-electron chi connectivity index (χ3n) is 5.16. The van der Waals surface area contributed by atoms with Gasteiger partial charge in [-0.3, -0.25) is 9.74 Å². The second-order valence-electron chi connectivity index (χ2n) is 6.80. The second kappa shape index (κ2) is 8.82. The third-order valence-corrected chi connectivity index (χ3v) is 5.16. The van der Waals surface area contributed by atoms with Gasteiger partial charge in [-0.05, 0) is 25.1 Å². The summed E-state index contributed by atoms with van der Waals surface area (Å²) < 4.78 is 4.83. The summed E-state index contributed by atoms with van der Waals surface area (Å²) in [5.41, 5.74) is 3.30. The van der Waals surface area contributed by atoms with Crippen molar-refractivity contribution in [2.45, 2.75) is 32.4 Å². The minimum atomic E-state index is -0.761. The van der Waals surface area contributed by atoms with Crippen LogP contribution in [0.15, 0.2) is 65.8 Å². The van der Waals surface area contributed by atoms with E-state index < -0.39 is 6.16 Å². The van der Waals surface area contributed by atoms with Gasteiger partial charge in [0.1, 0.15) is 0 Å². The first-order valence-electron chi connectivity index (χ1n) is 9.34. The van der Waals surface area contributed by atoms with E-state index in [4.69, 9.17) is 9.57 Å². The van der Waals surface area contributed by atoms with Crippen molar-refractivity contribution in [3.05, 3.63) is 71.8 Å². The average Bonchev–Trinajstić information content (AvgIpc) is 2.69. The first-order valence-corrected chi connectivity index (χ1v) is 9.34. The molecular weight excluding hydrogens is 340 g/mol. The van der Waals surface area contributed by atoms with Crippen molar-refractivity contribution in [1.29, 1.82) is 0 Å². The molecule has 1 aliphatic heterocycles. The molecule has 142 valence electrons. The fraction of sp³-hybridized carbons (Fsp3) is 0.364. The van der Waals surface area contributed by atoms with E-state index in [1.807, 2.05) is 36.4 Å². The Labute approximate surface area is 160 Å². The standard InChI is InChI=1S/C22H26N2O3/c1-4-26-22(25)27-23-19-15-20(17-11-7-5-8-12-17)24(3)21(16(19)2)18-13-9-6-10-14-18/h5-14,16,20-21H,4,15H2,1-3H3/b23-19+. The maximum absolute atomic E-state index is 11.6. The highest BCUT2D eigenvalue weighted by atomic mass is 16.8. The van der Waals surface area contributed by atoms with Crippen LogP contribution in [0.2, 0.25) is 0 Å². The summed E-state index contributed by atoms with van der Waals surface area (Å²) in [7, 11) is 2.15. The Morgan fingerprint density at radius 2 is 1.67 bits per heavy atom. The van der Waals surface area contributed by atoms with Crippen LogP contribution in [0.4, 0.5) is 4.79 Å². The molecule has 2 aromatic rings. The molecule has 1 aliphatic rings. The smallest absolute Gasteiger partial charge is 0.433 e. The summed E-state index contributed by atoms with van der Waals surface area (Å²) in [6.07, 6.45) is -0.0617. The number of hydrogen-bond donors (Lipinski definition) is 0. The molecule has 2 aromatic carbocycles. The fourth-order valence-electron chi connectivity index (χ4n) is 3.82. The highest BCUT2D eigenvalue weighted by Crippen LogP contribution is 2.42. The Kier molecular flexibility index (Phi) is 6.24. The lowest BCUT2D eigenvalue weighted by atomic mass is 9.80. The van der Waals surface area contributed by atoms with Gasteiger partial charge in [0.25, 0.3) is 0 Å². The van der Waals surface area contributed by atoms with Crippen LogP contribution < -0.4 is 0 Å². The van der Waals surface area contributed by atoms with Gasteiger partial charge >= 0.3 is 6.16 Å². The third kappa shape index (κ3) is 4.37. The van der Waals surface area contributed by atoms with Crippen LogP contribution in [-0.2, 0) is 9.57 Å². The number of carbonyl (C=O) groups is 1. The Bertz CT molecular complexity index is 777. The lowest BCUT2D eigenvalue weighted by Crippen LogP contribution is -2.42. The quantitative estimate of drug-likeness (QED) is 0.435. The molecule has 3 unspecified atom stereocenters. The summed E-state index contributed by atoms with van der Waals surface area (Å²) >= 11 is 0. The first-order chi connectivity index (χ1) is 13.1. The molecule has 0 aliphatic carbocycles. The van der Waals surface area contributed by atoms with Crippen molar-refractivity contribution in [2.24, 2.45) is 11.1 Å². The second-order valence-corrected chi connectivity index (χ2v) is 6.80. The lowest BCUT2D eigenvalue weighted by molar-refractivity contribution is 0.0581. The molecule has 1 fully saturated rings. The number of oxime groups is 1. The number of hydrogen-bond acceptors (Lipinski definition) is 5. The summed E-state index contributed by atoms with van der Waals surface area (Å²) in [5.74, 6) is 0.104. The number of ether oxygens (including phenoxy) is 1. The van der Waals surface area contributed by atoms with Crippen molar-refractivity contribution in [3.8, 4) is 0 Å². The van der Waals surface area contributed by atoms with Crippen molar-refractivity contribution < 1.29 is 14.4 Å². The average molecular weight is 366 g/mol. The molecule has 1 heterocycles. The van der Waals surface area contributed by atoms with Crippen LogP contribution >= 0.6 is 0 Å². The van der Waals surface area contributed by atoms with Crippen molar-refractivity contribution in [2.75, 3.05) is 13.7 Å². The molecule has 0 radical (unpaired) electrons. The largest absolute Gasteiger partial charge is 0.535 e. The highest BCUT2D eigenvalue weighted by molar-refractivity contribution is 5.88. The zero-order valence-electron chi connectivity index (χ0n) is 16.0. The van der Waals surface area contributed by atoms with E-state index in [-0.39, 0.29) is 24.6 Å². The van der Waals surface area contributed by atoms with Gasteiger partial charge in [-0.1, -0.05) is 72.7 Å². The van der Waals surface area contributed by atoms with Gasteiger partial charge in [0.2, 0.25) is 0 Å². The zero-order valence-corrected chi connectivity index (χ0v) is 16.0. The van der Waals surface area contributed by atoms with Gasteiger partial charge in [0.15, 0.2) is 0 Å². The monoisotopic (exact) mass is 366 g/mol. The minimum Gasteiger partial charge on any atom is -0.433 e. The van der Waals surface area contributed by atoms with Crippen LogP contribution in [0.5, 0.6) is 0 Å². The summed E-state index contributed by atoms with van der Waals surface area (Å²) in [4.78, 5) is 19.0. The van der Waals surface area contributed by atoms with Crippen LogP contribution in [0, 0.1) is 5.92 Å². The SMILES string of the molecule is CCOC(=O)O/N=C1\CC(c2ccccc2)N(C)C(c2ccccc2)C1C. The van der Waals surface area contributed by atoms with Crippen molar-refractivity contribution >= 4 is 11.9 Å². The molecule has 3 atom stereocenters. The number of piperidine rings is 1. The van der Waals surface area contributed by atoms with Crippen LogP contribution in [0.3, 0.4) is 0 Å². The number of likely N-dealkylation sites (tertiary alicyclic amines) is 1. The van der Waals surface area contributed by atoms with E-state index >= 15 is 0 Å². The van der Waals surface area contributed by atoms with E-state index in [0.29, 0.717) is 6.42 Å². The maximum atomic E-state index is 11.6. The Hall–Kier alpha value is -2.66. The summed E-state index contributed by atoms with van der Waals surface area (Å²) in [6, 6.07) is 21.0. The molecule has 0 bridgehead atoms. The first kappa shape index (κ1) is 19.1. The molecule has 0 spiro atoms. The van der Waals surface area contributed by atoms with Gasteiger partial charge in [0, 0.05) is 24.4 Å². The van der Waals surface area contributed by atoms with E-state index in [1.54, 1.807) is 6.92 Å². The Morgan fingerprint density at radius 1 is 1.07 bits per heavy atom. The predicted molar refractivity (Wildman–Crippen MR) is 105 cm³/mol. The molecule has 5 heteroatoms. The van der Waals surface area contributed by atoms with Crippen LogP contribution in [0.1, 0.15) is 43.5 Å². The lowest BCUT2D eigenvalue weighted by Gasteiger charge is -2.44. The highest BCUT2D eigenvalue weighted by Gasteiger charge is 2.38. The molecule has 3 rings (SSSR count). The Morgan fingerprint density at radius 3 is 2.26 bits per heavy atom. The number of benzene rings is 2. The number of rotatable bonds is 4. The molecule has 0 aromatic heterocycles. The molecule has 5 nitrogen and oxygen atoms in total. The minimum absolute atomic E-state index is 0.104. The van der Waals surface area contributed by atoms with E-state index in [9.17, 15) is 4.79 Å². The molecule has 0 amide bonds. The molecule has 27 heavy (non-hydrogen) atoms. The van der Waals surface area contributed by atoms with Gasteiger partial charge < -0.3 is 4.74 Å². The van der Waals surface area contributed by atoms with E-state index in [0.717, 1.165) is 5.71 Å². The molecule has 1 saturated heterocycles. The normalized spacial score (nSPS) is 24.6. The number of nitrogens with zero attached hydrogens (tertiary/aromatic N) is 2. The van der Waals surface area contributed by atoms with E-state index in [1.165, 1.54) is 11.1 Å². The van der Waals surface area contributed by atoms with Crippen molar-refractivity contribution in [1.82, 2.24) is 4.90 Å². The summed E-state index contributed by atoms with van der Waals surface area (Å²) in [5, 5.41) is 4.18. The van der Waals surface area contributed by atoms with Crippen LogP contribution in [0.25, 0.3) is 0 Å². The Balaban J connectivity index is 1.94. The zero-order chi connectivity index (χ0) is 19.2. The predicted octanol–water partition coefficient (Wildman–Crippen LogP) is 4.97. The molecule has 0 saturated carbocycles. The van der Waals surface area contributed by atoms with Gasteiger partial charge in [-0.25, -0.2) is 4.79 Å². The fourth-order valence-corrected chi connectivity index (χ4v) is 3.82. The maximum Gasteiger partial charge on any atom is 0.535 e. The topological polar surface area (TPSA) is 51.1 Å². The van der Waals surface area contributed by atoms with Gasteiger partial charge in [0.05, 0.1) is 12.3 Å². The van der Waals surface area contributed by atoms with Gasteiger partial charge in [-0.2, -0.15) is 0 Å². The van der Waals surface area contributed by atoms with Crippen molar-refractivity contribution in [3.63, 3.8) is 0 Å². The molecular formula is C22H26N2O3.